The number of hydrogen-bond donors (Lipinski definition) is 0. The van der Waals surface area contributed by atoms with E-state index in [4.69, 9.17) is 29.3 Å². The van der Waals surface area contributed by atoms with Gasteiger partial charge in [0.25, 0.3) is 0 Å². The lowest BCUT2D eigenvalue weighted by Crippen LogP contribution is -2.00. The molecule has 0 aliphatic rings. The Hall–Kier alpha value is -8.09. The summed E-state index contributed by atoms with van der Waals surface area (Å²) in [5.74, 6) is 2.43. The van der Waals surface area contributed by atoms with Gasteiger partial charge in [-0.25, -0.2) is 24.9 Å². The van der Waals surface area contributed by atoms with Gasteiger partial charge >= 0.3 is 0 Å². The van der Waals surface area contributed by atoms with E-state index in [1.807, 2.05) is 97.1 Å². The van der Waals surface area contributed by atoms with Crippen LogP contribution in [0.5, 0.6) is 0 Å². The predicted molar refractivity (Wildman–Crippen MR) is 238 cm³/mol. The SMILES string of the molecule is c1ccc(-c2cc(-c3cccc(-c4cccc(-c5nc(-c6ccccc6)nc(-c6cc7oc8ccccc8c7c7ccccc67)n5)c4)c3)nc(-c3ccccc3)n2)cc1. The minimum absolute atomic E-state index is 0.576. The fraction of sp³-hybridized carbons (Fsp3) is 0. The van der Waals surface area contributed by atoms with Crippen LogP contribution in [0, 0.1) is 0 Å². The average molecular weight is 756 g/mol. The summed E-state index contributed by atoms with van der Waals surface area (Å²) in [6, 6.07) is 68.1. The molecule has 0 atom stereocenters. The van der Waals surface area contributed by atoms with Gasteiger partial charge in [0.05, 0.1) is 11.4 Å². The Balaban J connectivity index is 1.04. The minimum atomic E-state index is 0.576. The van der Waals surface area contributed by atoms with Crippen molar-refractivity contribution >= 4 is 32.7 Å². The van der Waals surface area contributed by atoms with Gasteiger partial charge < -0.3 is 4.42 Å². The number of rotatable bonds is 7. The molecule has 0 saturated heterocycles. The van der Waals surface area contributed by atoms with Crippen LogP contribution >= 0.6 is 0 Å². The molecule has 0 bridgehead atoms. The fourth-order valence-electron chi connectivity index (χ4n) is 7.88. The van der Waals surface area contributed by atoms with Gasteiger partial charge in [-0.2, -0.15) is 0 Å². The zero-order chi connectivity index (χ0) is 39.1. The monoisotopic (exact) mass is 755 g/mol. The highest BCUT2D eigenvalue weighted by Crippen LogP contribution is 2.40. The second-order valence-corrected chi connectivity index (χ2v) is 14.5. The number of hydrogen-bond acceptors (Lipinski definition) is 6. The standard InChI is InChI=1S/C53H33N5O/c1-4-16-34(17-5-1)45-33-46(55-50(54-45)35-18-6-2-7-19-35)39-24-14-22-37(30-39)38-23-15-25-40(31-38)52-56-51(36-20-8-3-9-21-36)57-53(58-52)44-32-48-49(42-27-11-10-26-41(42)44)43-28-12-13-29-47(43)59-48/h1-33H. The molecule has 11 rings (SSSR count). The summed E-state index contributed by atoms with van der Waals surface area (Å²) in [5.41, 5.74) is 11.1. The quantitative estimate of drug-likeness (QED) is 0.161. The zero-order valence-corrected chi connectivity index (χ0v) is 31.7. The molecule has 11 aromatic rings. The summed E-state index contributed by atoms with van der Waals surface area (Å²) in [6.07, 6.45) is 0. The number of benzene rings is 8. The number of para-hydroxylation sites is 1. The van der Waals surface area contributed by atoms with Crippen LogP contribution in [0.25, 0.3) is 112 Å². The average Bonchev–Trinajstić information content (AvgIpc) is 3.71. The molecule has 59 heavy (non-hydrogen) atoms. The van der Waals surface area contributed by atoms with E-state index in [1.54, 1.807) is 0 Å². The molecule has 0 aliphatic carbocycles. The maximum atomic E-state index is 6.44. The van der Waals surface area contributed by atoms with Crippen LogP contribution in [0.2, 0.25) is 0 Å². The van der Waals surface area contributed by atoms with Crippen LogP contribution in [0.4, 0.5) is 0 Å². The predicted octanol–water partition coefficient (Wildman–Crippen LogP) is 13.4. The third kappa shape index (κ3) is 6.39. The van der Waals surface area contributed by atoms with E-state index in [1.165, 1.54) is 0 Å². The first-order chi connectivity index (χ1) is 29.2. The lowest BCUT2D eigenvalue weighted by Gasteiger charge is -2.12. The zero-order valence-electron chi connectivity index (χ0n) is 31.7. The molecule has 6 nitrogen and oxygen atoms in total. The van der Waals surface area contributed by atoms with Crippen LogP contribution in [-0.2, 0) is 0 Å². The first kappa shape index (κ1) is 34.2. The van der Waals surface area contributed by atoms with Crippen molar-refractivity contribution in [2.45, 2.75) is 0 Å². The van der Waals surface area contributed by atoms with Crippen molar-refractivity contribution in [2.75, 3.05) is 0 Å². The van der Waals surface area contributed by atoms with E-state index in [-0.39, 0.29) is 0 Å². The molecule has 0 fully saturated rings. The van der Waals surface area contributed by atoms with E-state index in [2.05, 4.69) is 103 Å². The van der Waals surface area contributed by atoms with Gasteiger partial charge in [0.2, 0.25) is 0 Å². The Labute approximate surface area is 340 Å². The Morgan fingerprint density at radius 1 is 0.271 bits per heavy atom. The summed E-state index contributed by atoms with van der Waals surface area (Å²) < 4.78 is 6.44. The second-order valence-electron chi connectivity index (χ2n) is 14.5. The molecular weight excluding hydrogens is 723 g/mol. The van der Waals surface area contributed by atoms with Crippen molar-refractivity contribution in [3.05, 3.63) is 200 Å². The maximum Gasteiger partial charge on any atom is 0.164 e. The van der Waals surface area contributed by atoms with E-state index in [0.29, 0.717) is 23.3 Å². The Bertz CT molecular complexity index is 3270. The molecule has 276 valence electrons. The molecule has 3 heterocycles. The highest BCUT2D eigenvalue weighted by atomic mass is 16.3. The van der Waals surface area contributed by atoms with Crippen LogP contribution in [0.15, 0.2) is 205 Å². The lowest BCUT2D eigenvalue weighted by molar-refractivity contribution is 0.669. The molecule has 0 N–H and O–H groups in total. The fourth-order valence-corrected chi connectivity index (χ4v) is 7.88. The van der Waals surface area contributed by atoms with E-state index in [9.17, 15) is 0 Å². The van der Waals surface area contributed by atoms with Crippen molar-refractivity contribution in [3.63, 3.8) is 0 Å². The molecule has 0 unspecified atom stereocenters. The largest absolute Gasteiger partial charge is 0.456 e. The number of furan rings is 1. The molecule has 0 saturated carbocycles. The Kier molecular flexibility index (Phi) is 8.37. The third-order valence-corrected chi connectivity index (χ3v) is 10.7. The molecule has 0 radical (unpaired) electrons. The molecule has 8 aromatic carbocycles. The van der Waals surface area contributed by atoms with Crippen LogP contribution in [0.1, 0.15) is 0 Å². The summed E-state index contributed by atoms with van der Waals surface area (Å²) in [4.78, 5) is 25.5. The van der Waals surface area contributed by atoms with Gasteiger partial charge in [-0.15, -0.1) is 0 Å². The van der Waals surface area contributed by atoms with Gasteiger partial charge in [0.1, 0.15) is 11.2 Å². The summed E-state index contributed by atoms with van der Waals surface area (Å²) in [7, 11) is 0. The highest BCUT2D eigenvalue weighted by Gasteiger charge is 2.19. The smallest absolute Gasteiger partial charge is 0.164 e. The molecule has 6 heteroatoms. The summed E-state index contributed by atoms with van der Waals surface area (Å²) in [5, 5.41) is 4.30. The van der Waals surface area contributed by atoms with Crippen molar-refractivity contribution in [2.24, 2.45) is 0 Å². The van der Waals surface area contributed by atoms with Crippen molar-refractivity contribution in [3.8, 4) is 79.2 Å². The van der Waals surface area contributed by atoms with Crippen molar-refractivity contribution in [1.82, 2.24) is 24.9 Å². The summed E-state index contributed by atoms with van der Waals surface area (Å²) >= 11 is 0. The maximum absolute atomic E-state index is 6.44. The first-order valence-corrected chi connectivity index (χ1v) is 19.6. The topological polar surface area (TPSA) is 77.6 Å². The molecule has 0 amide bonds. The third-order valence-electron chi connectivity index (χ3n) is 10.7. The first-order valence-electron chi connectivity index (χ1n) is 19.6. The number of nitrogens with zero attached hydrogens (tertiary/aromatic N) is 5. The van der Waals surface area contributed by atoms with Crippen molar-refractivity contribution in [1.29, 1.82) is 0 Å². The van der Waals surface area contributed by atoms with Gasteiger partial charge in [-0.05, 0) is 52.2 Å². The van der Waals surface area contributed by atoms with Gasteiger partial charge in [0, 0.05) is 44.2 Å². The van der Waals surface area contributed by atoms with Crippen molar-refractivity contribution < 1.29 is 4.42 Å². The highest BCUT2D eigenvalue weighted by molar-refractivity contribution is 6.21. The van der Waals surface area contributed by atoms with Gasteiger partial charge in [-0.1, -0.05) is 170 Å². The summed E-state index contributed by atoms with van der Waals surface area (Å²) in [6.45, 7) is 0. The molecule has 0 aliphatic heterocycles. The lowest BCUT2D eigenvalue weighted by atomic mass is 9.98. The van der Waals surface area contributed by atoms with E-state index in [0.717, 1.165) is 88.6 Å². The van der Waals surface area contributed by atoms with E-state index >= 15 is 0 Å². The van der Waals surface area contributed by atoms with Gasteiger partial charge in [0.15, 0.2) is 23.3 Å². The number of fused-ring (bicyclic) bond motifs is 5. The molecular formula is C53H33N5O. The second kappa shape index (κ2) is 14.4. The normalized spacial score (nSPS) is 11.4. The van der Waals surface area contributed by atoms with Crippen LogP contribution in [-0.4, -0.2) is 24.9 Å². The number of aromatic nitrogens is 5. The molecule has 3 aromatic heterocycles. The Morgan fingerprint density at radius 2 is 0.729 bits per heavy atom. The minimum Gasteiger partial charge on any atom is -0.456 e. The van der Waals surface area contributed by atoms with Crippen LogP contribution in [0.3, 0.4) is 0 Å². The molecule has 0 spiro atoms. The Morgan fingerprint density at radius 3 is 1.41 bits per heavy atom. The van der Waals surface area contributed by atoms with E-state index < -0.39 is 0 Å². The van der Waals surface area contributed by atoms with Crippen LogP contribution < -0.4 is 0 Å². The van der Waals surface area contributed by atoms with Gasteiger partial charge in [-0.3, -0.25) is 0 Å².